The Morgan fingerprint density at radius 3 is 2.37 bits per heavy atom. The van der Waals surface area contributed by atoms with Gasteiger partial charge in [0.2, 0.25) is 5.78 Å². The van der Waals surface area contributed by atoms with Gasteiger partial charge < -0.3 is 39.6 Å². The van der Waals surface area contributed by atoms with Crippen molar-refractivity contribution >= 4 is 29.5 Å². The summed E-state index contributed by atoms with van der Waals surface area (Å²) in [7, 11) is 0. The molecule has 4 unspecified atom stereocenters. The molecule has 22 heteroatoms. The Hall–Kier alpha value is -5.25. The van der Waals surface area contributed by atoms with Crippen LogP contribution < -0.4 is 5.73 Å². The largest absolute Gasteiger partial charge is 0.462 e. The standard InChI is InChI=1S/C32H42N4O18/c1-30-9-7-19(37)12-18(30)5-6-21-22-8-10-32(31(22,2)14-24(38)28(21)30,53-26(40)4-3-11-51-34(43)44)25(39)17-49-27(41)13-23(33)29(42)50-15-20(54-36(47)48)16-52-35(45)46/h7,9,12,20-24,28,38H,3-6,8,10-11,13-17,33H2,1-2H3/t20?,21?,22?,23?,24-,28+,30-,31-,32-/m0/s1. The van der Waals surface area contributed by atoms with E-state index in [2.05, 4.69) is 14.5 Å². The van der Waals surface area contributed by atoms with Gasteiger partial charge in [0.15, 0.2) is 24.1 Å². The van der Waals surface area contributed by atoms with Gasteiger partial charge in [-0.3, -0.25) is 24.0 Å². The van der Waals surface area contributed by atoms with Crippen LogP contribution in [0.2, 0.25) is 0 Å². The second-order valence-corrected chi connectivity index (χ2v) is 14.2. The summed E-state index contributed by atoms with van der Waals surface area (Å²) < 4.78 is 15.9. The minimum Gasteiger partial charge on any atom is -0.462 e. The van der Waals surface area contributed by atoms with Crippen molar-refractivity contribution in [2.45, 2.75) is 89.1 Å². The summed E-state index contributed by atoms with van der Waals surface area (Å²) in [5.74, 6) is -4.98. The molecular weight excluding hydrogens is 728 g/mol. The Bertz CT molecular complexity index is 1600. The molecule has 0 saturated heterocycles. The third-order valence-corrected chi connectivity index (χ3v) is 11.1. The predicted octanol–water partition coefficient (Wildman–Crippen LogP) is 0.694. The van der Waals surface area contributed by atoms with Crippen molar-refractivity contribution in [1.82, 2.24) is 0 Å². The van der Waals surface area contributed by atoms with Gasteiger partial charge in [-0.25, -0.2) is 0 Å². The normalized spacial score (nSPS) is 30.5. The fourth-order valence-electron chi connectivity index (χ4n) is 8.84. The van der Waals surface area contributed by atoms with E-state index in [0.29, 0.717) is 19.3 Å². The molecule has 0 spiro atoms. The van der Waals surface area contributed by atoms with Crippen molar-refractivity contribution < 1.29 is 73.1 Å². The molecule has 54 heavy (non-hydrogen) atoms. The molecule has 0 radical (unpaired) electrons. The summed E-state index contributed by atoms with van der Waals surface area (Å²) in [5.41, 5.74) is 2.93. The topological polar surface area (TPSA) is 316 Å². The van der Waals surface area contributed by atoms with Crippen LogP contribution >= 0.6 is 0 Å². The van der Waals surface area contributed by atoms with Gasteiger partial charge in [-0.15, -0.1) is 30.3 Å². The number of aliphatic hydroxyl groups is 1. The van der Waals surface area contributed by atoms with Crippen LogP contribution in [0.15, 0.2) is 23.8 Å². The highest BCUT2D eigenvalue weighted by Gasteiger charge is 2.70. The molecular formula is C32H42N4O18. The molecule has 4 rings (SSSR count). The third kappa shape index (κ3) is 8.92. The molecule has 3 N–H and O–H groups in total. The zero-order chi connectivity index (χ0) is 40.0. The fourth-order valence-corrected chi connectivity index (χ4v) is 8.84. The number of ketones is 2. The summed E-state index contributed by atoms with van der Waals surface area (Å²) in [6, 6.07) is -1.71. The highest BCUT2D eigenvalue weighted by atomic mass is 17.0. The first-order valence-corrected chi connectivity index (χ1v) is 17.1. The first kappa shape index (κ1) is 41.5. The van der Waals surface area contributed by atoms with E-state index in [1.807, 2.05) is 13.0 Å². The number of hydrogen-bond donors (Lipinski definition) is 2. The number of fused-ring (bicyclic) bond motifs is 5. The molecule has 0 aromatic carbocycles. The number of hydrogen-bond acceptors (Lipinski definition) is 19. The van der Waals surface area contributed by atoms with E-state index in [4.69, 9.17) is 19.9 Å². The lowest BCUT2D eigenvalue weighted by atomic mass is 9.46. The third-order valence-electron chi connectivity index (χ3n) is 11.1. The Balaban J connectivity index is 1.47. The van der Waals surface area contributed by atoms with Crippen LogP contribution in [0.25, 0.3) is 0 Å². The number of allylic oxidation sites excluding steroid dienone is 4. The molecule has 0 aromatic heterocycles. The molecule has 0 heterocycles. The minimum atomic E-state index is -1.90. The number of aliphatic hydroxyl groups excluding tert-OH is 1. The zero-order valence-electron chi connectivity index (χ0n) is 29.5. The number of Topliss-reactive ketones (excluding diaryl/α,β-unsaturated/α-hetero) is 1. The second-order valence-electron chi connectivity index (χ2n) is 14.2. The molecule has 4 aliphatic rings. The number of nitrogens with two attached hydrogens (primary N) is 1. The fraction of sp³-hybridized carbons (Fsp3) is 0.719. The Morgan fingerprint density at radius 1 is 1.00 bits per heavy atom. The smallest absolute Gasteiger partial charge is 0.323 e. The van der Waals surface area contributed by atoms with Gasteiger partial charge >= 0.3 is 17.9 Å². The Labute approximate surface area is 306 Å². The molecule has 298 valence electrons. The van der Waals surface area contributed by atoms with Crippen LogP contribution in [0.4, 0.5) is 0 Å². The van der Waals surface area contributed by atoms with E-state index in [9.17, 15) is 59.4 Å². The average Bonchev–Trinajstić information content (AvgIpc) is 3.38. The van der Waals surface area contributed by atoms with Crippen LogP contribution in [0, 0.1) is 58.9 Å². The molecule has 0 aliphatic heterocycles. The molecule has 22 nitrogen and oxygen atoms in total. The Morgan fingerprint density at radius 2 is 1.70 bits per heavy atom. The molecule has 0 aromatic rings. The maximum atomic E-state index is 14.2. The van der Waals surface area contributed by atoms with Crippen molar-refractivity contribution in [2.75, 3.05) is 26.4 Å². The number of carbonyl (C=O) groups excluding carboxylic acids is 5. The van der Waals surface area contributed by atoms with Crippen molar-refractivity contribution in [3.63, 3.8) is 0 Å². The summed E-state index contributed by atoms with van der Waals surface area (Å²) >= 11 is 0. The molecule has 0 amide bonds. The first-order chi connectivity index (χ1) is 25.3. The van der Waals surface area contributed by atoms with Gasteiger partial charge in [0.25, 0.3) is 15.3 Å². The molecule has 4 aliphatic carbocycles. The van der Waals surface area contributed by atoms with E-state index >= 15 is 0 Å². The highest BCUT2D eigenvalue weighted by Crippen LogP contribution is 2.68. The summed E-state index contributed by atoms with van der Waals surface area (Å²) in [6.45, 7) is 0.490. The lowest BCUT2D eigenvalue weighted by Gasteiger charge is -2.59. The van der Waals surface area contributed by atoms with Gasteiger partial charge in [-0.2, -0.15) is 0 Å². The number of esters is 3. The first-order valence-electron chi connectivity index (χ1n) is 17.1. The van der Waals surface area contributed by atoms with Crippen molar-refractivity contribution in [3.05, 3.63) is 54.1 Å². The van der Waals surface area contributed by atoms with Crippen LogP contribution in [-0.2, 0) is 52.7 Å². The van der Waals surface area contributed by atoms with E-state index in [0.717, 1.165) is 5.57 Å². The van der Waals surface area contributed by atoms with Crippen LogP contribution in [-0.4, -0.2) is 100 Å². The quantitative estimate of drug-likeness (QED) is 0.0600. The van der Waals surface area contributed by atoms with E-state index in [1.54, 1.807) is 13.0 Å². The summed E-state index contributed by atoms with van der Waals surface area (Å²) in [5, 5.41) is 39.8. The second kappa shape index (κ2) is 16.8. The number of ether oxygens (including phenoxy) is 3. The van der Waals surface area contributed by atoms with Crippen LogP contribution in [0.1, 0.15) is 65.2 Å². The predicted molar refractivity (Wildman–Crippen MR) is 173 cm³/mol. The van der Waals surface area contributed by atoms with Crippen LogP contribution in [0.3, 0.4) is 0 Å². The van der Waals surface area contributed by atoms with Gasteiger partial charge in [0.1, 0.15) is 19.3 Å². The molecule has 9 atom stereocenters. The molecule has 3 saturated carbocycles. The maximum Gasteiger partial charge on any atom is 0.323 e. The zero-order valence-corrected chi connectivity index (χ0v) is 29.5. The monoisotopic (exact) mass is 770 g/mol. The lowest BCUT2D eigenvalue weighted by molar-refractivity contribution is -0.790. The molecule has 0 bridgehead atoms. The molecule has 3 fully saturated rings. The van der Waals surface area contributed by atoms with Crippen molar-refractivity contribution in [1.29, 1.82) is 0 Å². The maximum absolute atomic E-state index is 14.2. The summed E-state index contributed by atoms with van der Waals surface area (Å²) in [6.07, 6.45) is 2.45. The Kier molecular flexibility index (Phi) is 12.9. The van der Waals surface area contributed by atoms with E-state index in [1.165, 1.54) is 6.08 Å². The average molecular weight is 771 g/mol. The van der Waals surface area contributed by atoms with Crippen molar-refractivity contribution in [3.8, 4) is 0 Å². The number of rotatable bonds is 19. The summed E-state index contributed by atoms with van der Waals surface area (Å²) in [4.78, 5) is 109. The number of nitrogens with zero attached hydrogens (tertiary/aromatic N) is 3. The van der Waals surface area contributed by atoms with E-state index < -0.39 is 106 Å². The lowest BCUT2D eigenvalue weighted by Crippen LogP contribution is -2.63. The van der Waals surface area contributed by atoms with Gasteiger partial charge in [0, 0.05) is 23.2 Å². The van der Waals surface area contributed by atoms with Gasteiger partial charge in [0.05, 0.1) is 19.1 Å². The van der Waals surface area contributed by atoms with Gasteiger partial charge in [-0.1, -0.05) is 25.5 Å². The minimum absolute atomic E-state index is 0.00471. The number of carbonyl (C=O) groups is 5. The van der Waals surface area contributed by atoms with Gasteiger partial charge in [-0.05, 0) is 62.5 Å². The van der Waals surface area contributed by atoms with Crippen molar-refractivity contribution in [2.24, 2.45) is 34.3 Å². The highest BCUT2D eigenvalue weighted by molar-refractivity contribution is 6.01. The van der Waals surface area contributed by atoms with Crippen LogP contribution in [0.5, 0.6) is 0 Å². The van der Waals surface area contributed by atoms with E-state index in [-0.39, 0.29) is 49.2 Å². The SMILES string of the molecule is C[C@]12C=CC(=O)C=C1CCC1C3CC[C@](OC(=O)CCCO[N+](=O)[O-])(C(=O)COC(=O)CC(N)C(=O)OCC(CO[N+](=O)[O-])O[N+](=O)[O-])[C@@]3(C)C[C@H](O)[C@@H]12.